The first-order valence-corrected chi connectivity index (χ1v) is 6.28. The van der Waals surface area contributed by atoms with Gasteiger partial charge in [0.25, 0.3) is 0 Å². The van der Waals surface area contributed by atoms with Gasteiger partial charge in [-0.05, 0) is 0 Å². The van der Waals surface area contributed by atoms with Crippen LogP contribution in [0.25, 0.3) is 0 Å². The lowest BCUT2D eigenvalue weighted by Gasteiger charge is -2.28. The van der Waals surface area contributed by atoms with Crippen molar-refractivity contribution in [2.75, 3.05) is 27.2 Å². The van der Waals surface area contributed by atoms with E-state index in [1.807, 2.05) is 0 Å². The number of carbonyl (C=O) groups excluding carboxylic acids is 2. The second kappa shape index (κ2) is 6.56. The van der Waals surface area contributed by atoms with Crippen LogP contribution in [0.3, 0.4) is 0 Å². The standard InChI is InChI=1S/C12H20N2O6/c1-7(11(18)20-3)5-13(2)12(19)14-6-8(15)4-9(14)10(16)17/h7-9,15H,4-6H2,1-3H3,(H,16,17)/t7?,8?,9-/m0/s1. The number of β-amino-alcohol motifs (C(OH)–C–C–N with tert-alkyl or cyclic N) is 1. The highest BCUT2D eigenvalue weighted by atomic mass is 16.5. The predicted octanol–water partition coefficient (Wildman–Crippen LogP) is -0.633. The molecule has 1 heterocycles. The van der Waals surface area contributed by atoms with Crippen LogP contribution < -0.4 is 0 Å². The molecule has 1 aliphatic rings. The van der Waals surface area contributed by atoms with E-state index < -0.39 is 36.0 Å². The van der Waals surface area contributed by atoms with Gasteiger partial charge in [-0.25, -0.2) is 9.59 Å². The Bertz CT molecular complexity index is 399. The van der Waals surface area contributed by atoms with Crippen LogP contribution >= 0.6 is 0 Å². The summed E-state index contributed by atoms with van der Waals surface area (Å²) in [4.78, 5) is 36.9. The second-order valence-electron chi connectivity index (χ2n) is 4.98. The highest BCUT2D eigenvalue weighted by Crippen LogP contribution is 2.20. The van der Waals surface area contributed by atoms with Gasteiger partial charge in [-0.3, -0.25) is 4.79 Å². The first kappa shape index (κ1) is 16.2. The van der Waals surface area contributed by atoms with E-state index >= 15 is 0 Å². The van der Waals surface area contributed by atoms with Gasteiger partial charge in [0.15, 0.2) is 0 Å². The van der Waals surface area contributed by atoms with Crippen molar-refractivity contribution in [3.63, 3.8) is 0 Å². The van der Waals surface area contributed by atoms with E-state index in [0.717, 1.165) is 4.90 Å². The number of methoxy groups -OCH3 is 1. The van der Waals surface area contributed by atoms with Crippen molar-refractivity contribution in [1.82, 2.24) is 9.80 Å². The lowest BCUT2D eigenvalue weighted by atomic mass is 10.2. The molecular weight excluding hydrogens is 268 g/mol. The van der Waals surface area contributed by atoms with Crippen molar-refractivity contribution < 1.29 is 29.3 Å². The fourth-order valence-electron chi connectivity index (χ4n) is 2.24. The molecule has 1 fully saturated rings. The number of amides is 2. The van der Waals surface area contributed by atoms with E-state index in [1.54, 1.807) is 6.92 Å². The van der Waals surface area contributed by atoms with Crippen LogP contribution in [0.4, 0.5) is 4.79 Å². The number of esters is 1. The number of hydrogen-bond acceptors (Lipinski definition) is 5. The molecule has 0 aromatic heterocycles. The summed E-state index contributed by atoms with van der Waals surface area (Å²) in [6, 6.07) is -1.56. The fourth-order valence-corrected chi connectivity index (χ4v) is 2.24. The molecular formula is C12H20N2O6. The molecule has 0 aromatic carbocycles. The third-order valence-corrected chi connectivity index (χ3v) is 3.29. The minimum Gasteiger partial charge on any atom is -0.480 e. The average molecular weight is 288 g/mol. The zero-order valence-corrected chi connectivity index (χ0v) is 11.8. The Morgan fingerprint density at radius 1 is 1.45 bits per heavy atom. The molecule has 8 nitrogen and oxygen atoms in total. The molecule has 2 unspecified atom stereocenters. The maximum atomic E-state index is 12.2. The Morgan fingerprint density at radius 3 is 2.55 bits per heavy atom. The number of aliphatic carboxylic acids is 1. The molecule has 20 heavy (non-hydrogen) atoms. The van der Waals surface area contributed by atoms with Crippen LogP contribution in [-0.4, -0.2) is 77.4 Å². The Morgan fingerprint density at radius 2 is 2.05 bits per heavy atom. The van der Waals surface area contributed by atoms with Crippen LogP contribution in [0.15, 0.2) is 0 Å². The van der Waals surface area contributed by atoms with Crippen LogP contribution in [0.2, 0.25) is 0 Å². The summed E-state index contributed by atoms with van der Waals surface area (Å²) in [5.74, 6) is -2.10. The largest absolute Gasteiger partial charge is 0.480 e. The number of carboxylic acid groups (broad SMARTS) is 1. The molecule has 1 aliphatic heterocycles. The summed E-state index contributed by atoms with van der Waals surface area (Å²) in [6.07, 6.45) is -0.826. The van der Waals surface area contributed by atoms with Crippen molar-refractivity contribution in [1.29, 1.82) is 0 Å². The maximum Gasteiger partial charge on any atom is 0.326 e. The summed E-state index contributed by atoms with van der Waals surface area (Å²) >= 11 is 0. The van der Waals surface area contributed by atoms with E-state index in [4.69, 9.17) is 5.11 Å². The van der Waals surface area contributed by atoms with Gasteiger partial charge < -0.3 is 24.7 Å². The number of aliphatic hydroxyl groups excluding tert-OH is 1. The molecule has 1 rings (SSSR count). The molecule has 1 saturated heterocycles. The summed E-state index contributed by atoms with van der Waals surface area (Å²) in [7, 11) is 2.74. The third kappa shape index (κ3) is 3.60. The summed E-state index contributed by atoms with van der Waals surface area (Å²) in [6.45, 7) is 1.71. The molecule has 0 radical (unpaired) electrons. The molecule has 0 aromatic rings. The van der Waals surface area contributed by atoms with Gasteiger partial charge >= 0.3 is 18.0 Å². The average Bonchev–Trinajstić information content (AvgIpc) is 2.78. The van der Waals surface area contributed by atoms with Gasteiger partial charge in [-0.15, -0.1) is 0 Å². The maximum absolute atomic E-state index is 12.2. The number of aliphatic hydroxyl groups is 1. The molecule has 8 heteroatoms. The van der Waals surface area contributed by atoms with Crippen molar-refractivity contribution in [2.45, 2.75) is 25.5 Å². The van der Waals surface area contributed by atoms with Gasteiger partial charge in [0.2, 0.25) is 0 Å². The van der Waals surface area contributed by atoms with Gasteiger partial charge in [-0.2, -0.15) is 0 Å². The Balaban J connectivity index is 2.68. The van der Waals surface area contributed by atoms with Crippen molar-refractivity contribution in [3.8, 4) is 0 Å². The smallest absolute Gasteiger partial charge is 0.326 e. The summed E-state index contributed by atoms with van der Waals surface area (Å²) < 4.78 is 4.57. The van der Waals surface area contributed by atoms with Crippen molar-refractivity contribution in [2.24, 2.45) is 5.92 Å². The molecule has 2 N–H and O–H groups in total. The monoisotopic (exact) mass is 288 g/mol. The number of rotatable bonds is 4. The number of ether oxygens (including phenoxy) is 1. The molecule has 0 bridgehead atoms. The van der Waals surface area contributed by atoms with E-state index in [0.29, 0.717) is 0 Å². The third-order valence-electron chi connectivity index (χ3n) is 3.29. The Kier molecular flexibility index (Phi) is 5.32. The molecule has 0 aliphatic carbocycles. The number of urea groups is 1. The molecule has 3 atom stereocenters. The highest BCUT2D eigenvalue weighted by molar-refractivity contribution is 5.83. The van der Waals surface area contributed by atoms with Crippen molar-refractivity contribution in [3.05, 3.63) is 0 Å². The lowest BCUT2D eigenvalue weighted by Crippen LogP contribution is -2.48. The first-order valence-electron chi connectivity index (χ1n) is 6.28. The van der Waals surface area contributed by atoms with Crippen LogP contribution in [0, 0.1) is 5.92 Å². The SMILES string of the molecule is COC(=O)C(C)CN(C)C(=O)N1CC(O)C[C@H]1C(=O)O. The van der Waals surface area contributed by atoms with Crippen molar-refractivity contribution >= 4 is 18.0 Å². The minimum absolute atomic E-state index is 0.0153. The number of nitrogens with zero attached hydrogens (tertiary/aromatic N) is 2. The molecule has 0 spiro atoms. The topological polar surface area (TPSA) is 107 Å². The number of carboxylic acids is 1. The highest BCUT2D eigenvalue weighted by Gasteiger charge is 2.40. The van der Waals surface area contributed by atoms with E-state index in [9.17, 15) is 19.5 Å². The zero-order chi connectivity index (χ0) is 15.4. The molecule has 2 amide bonds. The normalized spacial score (nSPS) is 23.3. The zero-order valence-electron chi connectivity index (χ0n) is 11.8. The Hall–Kier alpha value is -1.83. The quantitative estimate of drug-likeness (QED) is 0.667. The number of likely N-dealkylation sites (tertiary alicyclic amines) is 1. The van der Waals surface area contributed by atoms with Crippen LogP contribution in [0.5, 0.6) is 0 Å². The summed E-state index contributed by atoms with van der Waals surface area (Å²) in [5, 5.41) is 18.6. The number of hydrogen-bond donors (Lipinski definition) is 2. The van der Waals surface area contributed by atoms with Gasteiger partial charge in [0, 0.05) is 26.6 Å². The Labute approximate surface area is 116 Å². The first-order chi connectivity index (χ1) is 9.27. The second-order valence-corrected chi connectivity index (χ2v) is 4.98. The van der Waals surface area contributed by atoms with Crippen LogP contribution in [0.1, 0.15) is 13.3 Å². The molecule has 114 valence electrons. The van der Waals surface area contributed by atoms with Gasteiger partial charge in [0.05, 0.1) is 19.1 Å². The van der Waals surface area contributed by atoms with E-state index in [-0.39, 0.29) is 19.5 Å². The molecule has 0 saturated carbocycles. The summed E-state index contributed by atoms with van der Waals surface area (Å²) in [5.41, 5.74) is 0. The minimum atomic E-state index is -1.15. The van der Waals surface area contributed by atoms with E-state index in [1.165, 1.54) is 19.1 Å². The van der Waals surface area contributed by atoms with Gasteiger partial charge in [-0.1, -0.05) is 6.92 Å². The predicted molar refractivity (Wildman–Crippen MR) is 68.0 cm³/mol. The van der Waals surface area contributed by atoms with E-state index in [2.05, 4.69) is 4.74 Å². The van der Waals surface area contributed by atoms with Gasteiger partial charge in [0.1, 0.15) is 6.04 Å². The lowest BCUT2D eigenvalue weighted by molar-refractivity contribution is -0.145. The van der Waals surface area contributed by atoms with Crippen LogP contribution in [-0.2, 0) is 14.3 Å². The number of carbonyl (C=O) groups is 3. The fraction of sp³-hybridized carbons (Fsp3) is 0.750.